The van der Waals surface area contributed by atoms with E-state index in [1.807, 2.05) is 14.0 Å². The molecule has 0 bridgehead atoms. The molecule has 1 atom stereocenters. The van der Waals surface area contributed by atoms with Gasteiger partial charge in [-0.25, -0.2) is 4.99 Å². The number of nitriles is 1. The number of hydrogen-bond acceptors (Lipinski definition) is 4. The van der Waals surface area contributed by atoms with Crippen molar-refractivity contribution >= 4 is 12.0 Å². The number of rotatable bonds is 6. The van der Waals surface area contributed by atoms with Gasteiger partial charge in [0.25, 0.3) is 0 Å². The van der Waals surface area contributed by atoms with Crippen molar-refractivity contribution in [2.24, 2.45) is 4.99 Å². The van der Waals surface area contributed by atoms with Crippen LogP contribution in [0.15, 0.2) is 41.4 Å². The summed E-state index contributed by atoms with van der Waals surface area (Å²) in [6, 6.07) is 9.17. The molecule has 154 valence electrons. The Morgan fingerprint density at radius 2 is 1.97 bits per heavy atom. The van der Waals surface area contributed by atoms with Gasteiger partial charge in [0, 0.05) is 25.2 Å². The molecule has 0 spiro atoms. The summed E-state index contributed by atoms with van der Waals surface area (Å²) in [5.41, 5.74) is -3.45. The fraction of sp³-hybridized carbons (Fsp3) is 0.333. The molecule has 0 aliphatic heterocycles. The second-order valence-electron chi connectivity index (χ2n) is 6.56. The number of hydrogen-bond donors (Lipinski definition) is 1. The molecule has 0 fully saturated rings. The number of methoxy groups -OCH3 is 1. The number of nitrogens with zero attached hydrogens (tertiary/aromatic N) is 3. The second-order valence-corrected chi connectivity index (χ2v) is 6.56. The van der Waals surface area contributed by atoms with Gasteiger partial charge in [0.05, 0.1) is 30.8 Å². The molecule has 8 heteroatoms. The summed E-state index contributed by atoms with van der Waals surface area (Å²) in [6.07, 6.45) is -3.50. The third kappa shape index (κ3) is 4.35. The van der Waals surface area contributed by atoms with E-state index in [9.17, 15) is 18.3 Å². The predicted molar refractivity (Wildman–Crippen MR) is 104 cm³/mol. The molecule has 0 amide bonds. The van der Waals surface area contributed by atoms with Gasteiger partial charge in [-0.3, -0.25) is 0 Å². The minimum absolute atomic E-state index is 0.00434. The van der Waals surface area contributed by atoms with Gasteiger partial charge in [-0.05, 0) is 43.2 Å². The van der Waals surface area contributed by atoms with Crippen LogP contribution in [0.5, 0.6) is 5.75 Å². The van der Waals surface area contributed by atoms with E-state index in [2.05, 4.69) is 4.99 Å². The Morgan fingerprint density at radius 1 is 1.28 bits per heavy atom. The van der Waals surface area contributed by atoms with Gasteiger partial charge in [-0.2, -0.15) is 18.4 Å². The number of ether oxygens (including phenoxy) is 1. The fourth-order valence-electron chi connectivity index (χ4n) is 2.80. The summed E-state index contributed by atoms with van der Waals surface area (Å²) in [5.74, 6) is -0.163. The molecule has 0 heterocycles. The van der Waals surface area contributed by atoms with Crippen molar-refractivity contribution in [2.45, 2.75) is 25.6 Å². The number of alkyl halides is 3. The minimum atomic E-state index is -5.06. The zero-order valence-electron chi connectivity index (χ0n) is 16.6. The van der Waals surface area contributed by atoms with Crippen molar-refractivity contribution in [2.75, 3.05) is 20.7 Å². The number of aliphatic imine (C=N–C) groups is 1. The zero-order valence-corrected chi connectivity index (χ0v) is 16.6. The van der Waals surface area contributed by atoms with E-state index in [1.165, 1.54) is 31.4 Å². The van der Waals surface area contributed by atoms with Crippen molar-refractivity contribution in [3.8, 4) is 11.8 Å². The van der Waals surface area contributed by atoms with Crippen molar-refractivity contribution in [3.05, 3.63) is 58.7 Å². The number of halogens is 3. The molecule has 0 radical (unpaired) electrons. The van der Waals surface area contributed by atoms with Crippen molar-refractivity contribution < 1.29 is 23.0 Å². The van der Waals surface area contributed by atoms with Gasteiger partial charge in [-0.15, -0.1) is 0 Å². The van der Waals surface area contributed by atoms with Gasteiger partial charge in [-0.1, -0.05) is 12.1 Å². The highest BCUT2D eigenvalue weighted by molar-refractivity contribution is 5.66. The van der Waals surface area contributed by atoms with Gasteiger partial charge < -0.3 is 14.7 Å². The average Bonchev–Trinajstić information content (AvgIpc) is 2.70. The van der Waals surface area contributed by atoms with E-state index in [0.717, 1.165) is 12.1 Å². The van der Waals surface area contributed by atoms with Gasteiger partial charge >= 0.3 is 6.18 Å². The maximum absolute atomic E-state index is 14.1. The molecule has 2 rings (SSSR count). The number of benzene rings is 2. The fourth-order valence-corrected chi connectivity index (χ4v) is 2.80. The molecule has 0 saturated carbocycles. The summed E-state index contributed by atoms with van der Waals surface area (Å²) < 4.78 is 47.6. The lowest BCUT2D eigenvalue weighted by Gasteiger charge is -2.33. The first kappa shape index (κ1) is 22.2. The molecule has 2 aromatic rings. The minimum Gasteiger partial charge on any atom is -0.496 e. The van der Waals surface area contributed by atoms with Crippen molar-refractivity contribution in [1.82, 2.24) is 4.90 Å². The molecule has 5 nitrogen and oxygen atoms in total. The molecule has 1 unspecified atom stereocenters. The van der Waals surface area contributed by atoms with E-state index >= 15 is 0 Å². The Bertz CT molecular complexity index is 951. The smallest absolute Gasteiger partial charge is 0.425 e. The molecule has 2 aromatic carbocycles. The van der Waals surface area contributed by atoms with Crippen LogP contribution in [-0.4, -0.2) is 43.2 Å². The lowest BCUT2D eigenvalue weighted by molar-refractivity contribution is -0.248. The maximum Gasteiger partial charge on any atom is 0.425 e. The van der Waals surface area contributed by atoms with Crippen LogP contribution in [0.25, 0.3) is 0 Å². The molecule has 0 aliphatic carbocycles. The lowest BCUT2D eigenvalue weighted by Crippen LogP contribution is -2.43. The Morgan fingerprint density at radius 3 is 2.52 bits per heavy atom. The number of aryl methyl sites for hydroxylation is 1. The van der Waals surface area contributed by atoms with E-state index < -0.39 is 22.9 Å². The monoisotopic (exact) mass is 405 g/mol. The third-order valence-corrected chi connectivity index (χ3v) is 4.62. The highest BCUT2D eigenvalue weighted by Crippen LogP contribution is 2.48. The lowest BCUT2D eigenvalue weighted by atomic mass is 9.83. The molecular formula is C21H22F3N3O2. The highest BCUT2D eigenvalue weighted by Gasteiger charge is 2.57. The largest absolute Gasteiger partial charge is 0.496 e. The summed E-state index contributed by atoms with van der Waals surface area (Å²) in [7, 11) is 3.04. The van der Waals surface area contributed by atoms with Crippen molar-refractivity contribution in [3.63, 3.8) is 0 Å². The van der Waals surface area contributed by atoms with E-state index in [0.29, 0.717) is 17.8 Å². The molecule has 0 aliphatic rings. The van der Waals surface area contributed by atoms with Crippen LogP contribution >= 0.6 is 0 Å². The quantitative estimate of drug-likeness (QED) is 0.575. The molecule has 1 N–H and O–H groups in total. The standard InChI is InChI=1S/C21H22F3N3O2/c1-5-27(3)13-26-18-11-19(29-4)17(9-14(18)2)20(28,21(22,23)24)16-8-6-7-15(10-16)12-25/h6-11,13,28H,5H2,1-4H3/b26-13+. The van der Waals surface area contributed by atoms with Gasteiger partial charge in [0.1, 0.15) is 5.75 Å². The van der Waals surface area contributed by atoms with Crippen LogP contribution in [0, 0.1) is 18.3 Å². The van der Waals surface area contributed by atoms with E-state index in [1.54, 1.807) is 24.2 Å². The molecule has 0 aromatic heterocycles. The van der Waals surface area contributed by atoms with Gasteiger partial charge in [0.15, 0.2) is 0 Å². The first-order valence-corrected chi connectivity index (χ1v) is 8.81. The van der Waals surface area contributed by atoms with Crippen LogP contribution in [0.1, 0.15) is 29.2 Å². The SMILES string of the molecule is CCN(C)/C=N/c1cc(OC)c(C(O)(c2cccc(C#N)c2)C(F)(F)F)cc1C. The Hall–Kier alpha value is -3.05. The topological polar surface area (TPSA) is 68.8 Å². The zero-order chi connectivity index (χ0) is 21.8. The Kier molecular flexibility index (Phi) is 6.55. The average molecular weight is 405 g/mol. The Balaban J connectivity index is 2.73. The van der Waals surface area contributed by atoms with Crippen LogP contribution < -0.4 is 4.74 Å². The summed E-state index contributed by atoms with van der Waals surface area (Å²) in [4.78, 5) is 6.09. The molecular weight excluding hydrogens is 383 g/mol. The van der Waals surface area contributed by atoms with Crippen LogP contribution in [0.3, 0.4) is 0 Å². The van der Waals surface area contributed by atoms with E-state index in [-0.39, 0.29) is 11.3 Å². The maximum atomic E-state index is 14.1. The first-order valence-electron chi connectivity index (χ1n) is 8.81. The first-order chi connectivity index (χ1) is 13.6. The van der Waals surface area contributed by atoms with Crippen molar-refractivity contribution in [1.29, 1.82) is 5.26 Å². The normalized spacial score (nSPS) is 13.8. The summed E-state index contributed by atoms with van der Waals surface area (Å²) in [6.45, 7) is 4.24. The van der Waals surface area contributed by atoms with E-state index in [4.69, 9.17) is 10.00 Å². The second kappa shape index (κ2) is 8.53. The van der Waals surface area contributed by atoms with Crippen LogP contribution in [0.4, 0.5) is 18.9 Å². The third-order valence-electron chi connectivity index (χ3n) is 4.62. The Labute approximate surface area is 167 Å². The number of aliphatic hydroxyl groups is 1. The molecule has 29 heavy (non-hydrogen) atoms. The summed E-state index contributed by atoms with van der Waals surface area (Å²) in [5, 5.41) is 20.0. The van der Waals surface area contributed by atoms with Crippen LogP contribution in [-0.2, 0) is 5.60 Å². The highest BCUT2D eigenvalue weighted by atomic mass is 19.4. The summed E-state index contributed by atoms with van der Waals surface area (Å²) >= 11 is 0. The van der Waals surface area contributed by atoms with Gasteiger partial charge in [0.2, 0.25) is 5.60 Å². The molecule has 0 saturated heterocycles. The van der Waals surface area contributed by atoms with Crippen LogP contribution in [0.2, 0.25) is 0 Å². The predicted octanol–water partition coefficient (Wildman–Crippen LogP) is 4.29.